The fourth-order valence-electron chi connectivity index (χ4n) is 4.82. The van der Waals surface area contributed by atoms with E-state index in [1.165, 1.54) is 0 Å². The Bertz CT molecular complexity index is 1460. The zero-order valence-electron chi connectivity index (χ0n) is 25.8. The van der Waals surface area contributed by atoms with Gasteiger partial charge in [0.15, 0.2) is 0 Å². The van der Waals surface area contributed by atoms with E-state index >= 15 is 0 Å². The van der Waals surface area contributed by atoms with E-state index in [0.717, 1.165) is 16.8 Å². The quantitative estimate of drug-likeness (QED) is 0.176. The Morgan fingerprint density at radius 2 is 1.91 bits per heavy atom. The molecule has 0 spiro atoms. The molecule has 3 aromatic rings. The highest BCUT2D eigenvalue weighted by molar-refractivity contribution is 5.80. The number of hydrogen-bond donors (Lipinski definition) is 5. The molecule has 1 saturated heterocycles. The molecule has 1 aromatic carbocycles. The molecule has 45 heavy (non-hydrogen) atoms. The van der Waals surface area contributed by atoms with Crippen LogP contribution < -0.4 is 21.7 Å². The van der Waals surface area contributed by atoms with Crippen LogP contribution in [-0.4, -0.2) is 98.7 Å². The number of pyridine rings is 1. The van der Waals surface area contributed by atoms with Crippen molar-refractivity contribution in [3.63, 3.8) is 0 Å². The first kappa shape index (κ1) is 33.1. The molecule has 2 amide bonds. The Balaban J connectivity index is 1.30. The number of primary amides is 1. The van der Waals surface area contributed by atoms with Gasteiger partial charge in [-0.05, 0) is 63.1 Å². The van der Waals surface area contributed by atoms with Crippen LogP contribution in [0.5, 0.6) is 0 Å². The SMILES string of the molecule is CC(C)(C)OC(=O)NCCCNc1ccc(-c2ccnc(Nc3cccc(CN4CCN(CC(=O)O)CC4C(N)=O)c3)n2)cn1. The summed E-state index contributed by atoms with van der Waals surface area (Å²) in [5.74, 6) is -0.278. The van der Waals surface area contributed by atoms with Gasteiger partial charge >= 0.3 is 12.1 Å². The maximum atomic E-state index is 12.1. The van der Waals surface area contributed by atoms with Crippen molar-refractivity contribution in [1.82, 2.24) is 30.1 Å². The summed E-state index contributed by atoms with van der Waals surface area (Å²) < 4.78 is 5.23. The largest absolute Gasteiger partial charge is 0.480 e. The Morgan fingerprint density at radius 3 is 2.62 bits per heavy atom. The molecule has 2 aromatic heterocycles. The number of carboxylic acid groups (broad SMARTS) is 1. The van der Waals surface area contributed by atoms with Gasteiger partial charge in [-0.2, -0.15) is 0 Å². The number of piperazine rings is 1. The molecule has 3 heterocycles. The molecule has 240 valence electrons. The van der Waals surface area contributed by atoms with Gasteiger partial charge in [0.1, 0.15) is 17.5 Å². The number of carbonyl (C=O) groups excluding carboxylic acids is 2. The molecule has 14 heteroatoms. The summed E-state index contributed by atoms with van der Waals surface area (Å²) in [7, 11) is 0. The highest BCUT2D eigenvalue weighted by Crippen LogP contribution is 2.22. The molecular formula is C31H41N9O5. The molecule has 0 aliphatic carbocycles. The van der Waals surface area contributed by atoms with Crippen LogP contribution in [-0.2, 0) is 20.9 Å². The summed E-state index contributed by atoms with van der Waals surface area (Å²) >= 11 is 0. The number of ether oxygens (including phenoxy) is 1. The third-order valence-corrected chi connectivity index (χ3v) is 6.87. The summed E-state index contributed by atoms with van der Waals surface area (Å²) in [6, 6.07) is 12.8. The van der Waals surface area contributed by atoms with Crippen molar-refractivity contribution in [2.24, 2.45) is 5.73 Å². The van der Waals surface area contributed by atoms with E-state index in [2.05, 4.69) is 30.9 Å². The van der Waals surface area contributed by atoms with Crippen LogP contribution >= 0.6 is 0 Å². The number of carboxylic acids is 1. The number of benzene rings is 1. The molecular weight excluding hydrogens is 578 g/mol. The van der Waals surface area contributed by atoms with Gasteiger partial charge in [-0.1, -0.05) is 12.1 Å². The standard InChI is InChI=1S/C31H41N9O5/c1-31(2,3)45-30(44)35-12-5-11-33-26-9-8-22(17-36-26)24-10-13-34-29(38-24)37-23-7-4-6-21(16-23)18-40-15-14-39(20-27(41)42)19-25(40)28(32)43/h4,6-10,13,16-17,25H,5,11-12,14-15,18-20H2,1-3H3,(H2,32,43)(H,33,36)(H,35,44)(H,41,42)(H,34,37,38). The maximum Gasteiger partial charge on any atom is 0.407 e. The normalized spacial score (nSPS) is 15.7. The molecule has 14 nitrogen and oxygen atoms in total. The number of aliphatic carboxylic acids is 1. The van der Waals surface area contributed by atoms with Gasteiger partial charge in [-0.15, -0.1) is 0 Å². The van der Waals surface area contributed by atoms with E-state index in [9.17, 15) is 14.4 Å². The average Bonchev–Trinajstić information content (AvgIpc) is 2.97. The second kappa shape index (κ2) is 15.3. The van der Waals surface area contributed by atoms with Crippen LogP contribution in [0.25, 0.3) is 11.3 Å². The lowest BCUT2D eigenvalue weighted by Gasteiger charge is -2.39. The van der Waals surface area contributed by atoms with Crippen LogP contribution in [0.2, 0.25) is 0 Å². The first-order valence-corrected chi connectivity index (χ1v) is 14.8. The third kappa shape index (κ3) is 10.7. The van der Waals surface area contributed by atoms with Crippen LogP contribution in [0, 0.1) is 0 Å². The number of carbonyl (C=O) groups is 3. The maximum absolute atomic E-state index is 12.1. The summed E-state index contributed by atoms with van der Waals surface area (Å²) in [4.78, 5) is 52.2. The smallest absolute Gasteiger partial charge is 0.407 e. The number of rotatable bonds is 13. The summed E-state index contributed by atoms with van der Waals surface area (Å²) in [5.41, 5.74) is 8.40. The van der Waals surface area contributed by atoms with Gasteiger partial charge in [0.05, 0.1) is 12.2 Å². The summed E-state index contributed by atoms with van der Waals surface area (Å²) in [6.07, 6.45) is 3.69. The molecule has 1 aliphatic heterocycles. The molecule has 1 aliphatic rings. The van der Waals surface area contributed by atoms with Crippen molar-refractivity contribution in [2.75, 3.05) is 49.9 Å². The molecule has 0 bridgehead atoms. The highest BCUT2D eigenvalue weighted by Gasteiger charge is 2.31. The molecule has 1 unspecified atom stereocenters. The highest BCUT2D eigenvalue weighted by atomic mass is 16.6. The Morgan fingerprint density at radius 1 is 1.09 bits per heavy atom. The number of alkyl carbamates (subject to hydrolysis) is 1. The van der Waals surface area contributed by atoms with Crippen LogP contribution in [0.1, 0.15) is 32.8 Å². The summed E-state index contributed by atoms with van der Waals surface area (Å²) in [6.45, 7) is 8.29. The van der Waals surface area contributed by atoms with Gasteiger partial charge in [0.25, 0.3) is 0 Å². The number of hydrogen-bond acceptors (Lipinski definition) is 11. The lowest BCUT2D eigenvalue weighted by Crippen LogP contribution is -2.58. The van der Waals surface area contributed by atoms with Crippen LogP contribution in [0.15, 0.2) is 54.9 Å². The second-order valence-corrected chi connectivity index (χ2v) is 11.7. The van der Waals surface area contributed by atoms with E-state index < -0.39 is 29.6 Å². The molecule has 1 atom stereocenters. The topological polar surface area (TPSA) is 188 Å². The zero-order valence-corrected chi connectivity index (χ0v) is 25.8. The van der Waals surface area contributed by atoms with Gasteiger partial charge < -0.3 is 31.5 Å². The van der Waals surface area contributed by atoms with Gasteiger partial charge in [0.2, 0.25) is 11.9 Å². The van der Waals surface area contributed by atoms with E-state index in [0.29, 0.717) is 56.6 Å². The van der Waals surface area contributed by atoms with Gasteiger partial charge in [0, 0.05) is 62.9 Å². The predicted molar refractivity (Wildman–Crippen MR) is 170 cm³/mol. The minimum atomic E-state index is -0.930. The average molecular weight is 620 g/mol. The van der Waals surface area contributed by atoms with E-state index in [4.69, 9.17) is 15.6 Å². The van der Waals surface area contributed by atoms with E-state index in [1.807, 2.05) is 68.1 Å². The van der Waals surface area contributed by atoms with Crippen LogP contribution in [0.4, 0.5) is 22.2 Å². The second-order valence-electron chi connectivity index (χ2n) is 11.7. The van der Waals surface area contributed by atoms with Crippen molar-refractivity contribution in [3.05, 3.63) is 60.4 Å². The number of aromatic nitrogens is 3. The first-order chi connectivity index (χ1) is 21.4. The fraction of sp³-hybridized carbons (Fsp3) is 0.419. The number of anilines is 3. The van der Waals surface area contributed by atoms with Crippen molar-refractivity contribution in [3.8, 4) is 11.3 Å². The minimum absolute atomic E-state index is 0.121. The van der Waals surface area contributed by atoms with E-state index in [1.54, 1.807) is 17.3 Å². The Hall–Kier alpha value is -4.82. The third-order valence-electron chi connectivity index (χ3n) is 6.87. The lowest BCUT2D eigenvalue weighted by atomic mass is 10.1. The first-order valence-electron chi connectivity index (χ1n) is 14.8. The van der Waals surface area contributed by atoms with Crippen molar-refractivity contribution in [1.29, 1.82) is 0 Å². The lowest BCUT2D eigenvalue weighted by molar-refractivity contribution is -0.140. The number of nitrogens with one attached hydrogen (secondary N) is 3. The van der Waals surface area contributed by atoms with Crippen molar-refractivity contribution < 1.29 is 24.2 Å². The molecule has 0 radical (unpaired) electrons. The predicted octanol–water partition coefficient (Wildman–Crippen LogP) is 2.67. The van der Waals surface area contributed by atoms with Gasteiger partial charge in [-0.3, -0.25) is 19.4 Å². The van der Waals surface area contributed by atoms with E-state index in [-0.39, 0.29) is 13.1 Å². The fourth-order valence-corrected chi connectivity index (χ4v) is 4.82. The number of nitrogens with zero attached hydrogens (tertiary/aromatic N) is 5. The Kier molecular flexibility index (Phi) is 11.2. The Labute approximate surface area is 262 Å². The summed E-state index contributed by atoms with van der Waals surface area (Å²) in [5, 5.41) is 18.3. The molecule has 0 saturated carbocycles. The van der Waals surface area contributed by atoms with Crippen molar-refractivity contribution in [2.45, 2.75) is 45.4 Å². The monoisotopic (exact) mass is 619 g/mol. The molecule has 4 rings (SSSR count). The zero-order chi connectivity index (χ0) is 32.4. The number of amides is 2. The van der Waals surface area contributed by atoms with Crippen LogP contribution in [0.3, 0.4) is 0 Å². The number of nitrogens with two attached hydrogens (primary N) is 1. The van der Waals surface area contributed by atoms with Gasteiger partial charge in [-0.25, -0.2) is 19.7 Å². The minimum Gasteiger partial charge on any atom is -0.480 e. The van der Waals surface area contributed by atoms with Crippen molar-refractivity contribution >= 4 is 35.4 Å². The molecule has 1 fully saturated rings. The molecule has 6 N–H and O–H groups in total.